The number of carbonyl (C=O) groups is 3. The Morgan fingerprint density at radius 3 is 2.26 bits per heavy atom. The lowest BCUT2D eigenvalue weighted by atomic mass is 9.85. The second-order valence-corrected chi connectivity index (χ2v) is 6.99. The maximum absolute atomic E-state index is 12.7. The average molecular weight is 369 g/mol. The van der Waals surface area contributed by atoms with Crippen LogP contribution in [0.3, 0.4) is 0 Å². The molecular weight excluding hydrogens is 342 g/mol. The van der Waals surface area contributed by atoms with Crippen LogP contribution in [0.15, 0.2) is 30.3 Å². The topological polar surface area (TPSA) is 76.2 Å². The van der Waals surface area contributed by atoms with Gasteiger partial charge in [-0.05, 0) is 37.8 Å². The van der Waals surface area contributed by atoms with E-state index in [9.17, 15) is 14.4 Å². The molecule has 1 heterocycles. The summed E-state index contributed by atoms with van der Waals surface area (Å²) in [5.74, 6) is -1.17. The van der Waals surface area contributed by atoms with Gasteiger partial charge in [0.25, 0.3) is 0 Å². The molecular formula is C22H27NO4. The van der Waals surface area contributed by atoms with Gasteiger partial charge >= 0.3 is 5.97 Å². The van der Waals surface area contributed by atoms with Crippen molar-refractivity contribution in [1.29, 1.82) is 0 Å². The number of hydrogen-bond acceptors (Lipinski definition) is 4. The summed E-state index contributed by atoms with van der Waals surface area (Å²) in [4.78, 5) is 39.9. The summed E-state index contributed by atoms with van der Waals surface area (Å²) in [6.45, 7) is 8.61. The Labute approximate surface area is 160 Å². The Balaban J connectivity index is 2.15. The lowest BCUT2D eigenvalue weighted by Gasteiger charge is -2.21. The lowest BCUT2D eigenvalue weighted by Crippen LogP contribution is -2.25. The Bertz CT molecular complexity index is 835. The molecule has 0 saturated heterocycles. The van der Waals surface area contributed by atoms with Crippen molar-refractivity contribution in [3.8, 4) is 0 Å². The maximum atomic E-state index is 12.7. The second kappa shape index (κ2) is 8.80. The zero-order chi connectivity index (χ0) is 20.1. The second-order valence-electron chi connectivity index (χ2n) is 6.99. The quantitative estimate of drug-likeness (QED) is 0.553. The van der Waals surface area contributed by atoms with Crippen LogP contribution in [0.1, 0.15) is 70.8 Å². The molecule has 1 N–H and O–H groups in total. The summed E-state index contributed by atoms with van der Waals surface area (Å²) in [7, 11) is 0. The Hall–Kier alpha value is -2.69. The van der Waals surface area contributed by atoms with Crippen molar-refractivity contribution >= 4 is 17.5 Å². The number of aromatic amines is 1. The molecule has 27 heavy (non-hydrogen) atoms. The Morgan fingerprint density at radius 1 is 1.11 bits per heavy atom. The van der Waals surface area contributed by atoms with Crippen molar-refractivity contribution < 1.29 is 19.1 Å². The predicted molar refractivity (Wildman–Crippen MR) is 104 cm³/mol. The van der Waals surface area contributed by atoms with Crippen molar-refractivity contribution in [2.75, 3.05) is 6.61 Å². The van der Waals surface area contributed by atoms with Crippen molar-refractivity contribution in [1.82, 2.24) is 4.98 Å². The number of aryl methyl sites for hydroxylation is 1. The third kappa shape index (κ3) is 4.54. The highest BCUT2D eigenvalue weighted by Crippen LogP contribution is 2.28. The Kier molecular flexibility index (Phi) is 6.72. The van der Waals surface area contributed by atoms with Crippen LogP contribution in [0.2, 0.25) is 0 Å². The number of aromatic nitrogens is 1. The highest BCUT2D eigenvalue weighted by Gasteiger charge is 2.28. The van der Waals surface area contributed by atoms with Crippen LogP contribution in [0.4, 0.5) is 0 Å². The Morgan fingerprint density at radius 2 is 1.74 bits per heavy atom. The molecule has 2 aromatic rings. The molecule has 5 nitrogen and oxygen atoms in total. The van der Waals surface area contributed by atoms with E-state index in [0.717, 1.165) is 12.0 Å². The van der Waals surface area contributed by atoms with Gasteiger partial charge in [-0.1, -0.05) is 50.6 Å². The maximum Gasteiger partial charge on any atom is 0.314 e. The van der Waals surface area contributed by atoms with E-state index in [-0.39, 0.29) is 24.1 Å². The zero-order valence-corrected chi connectivity index (χ0v) is 16.6. The van der Waals surface area contributed by atoms with E-state index >= 15 is 0 Å². The molecule has 0 radical (unpaired) electrons. The summed E-state index contributed by atoms with van der Waals surface area (Å²) >= 11 is 0. The molecule has 0 saturated carbocycles. The van der Waals surface area contributed by atoms with Crippen LogP contribution in [0, 0.1) is 19.8 Å². The van der Waals surface area contributed by atoms with E-state index < -0.39 is 11.9 Å². The number of nitrogens with one attached hydrogen (secondary N) is 1. The summed E-state index contributed by atoms with van der Waals surface area (Å²) < 4.78 is 5.37. The van der Waals surface area contributed by atoms with Gasteiger partial charge in [0.15, 0.2) is 12.4 Å². The molecule has 1 aromatic carbocycles. The van der Waals surface area contributed by atoms with Crippen molar-refractivity contribution in [2.24, 2.45) is 5.92 Å². The first-order valence-electron chi connectivity index (χ1n) is 9.22. The van der Waals surface area contributed by atoms with Crippen LogP contribution in [0.25, 0.3) is 0 Å². The van der Waals surface area contributed by atoms with E-state index in [4.69, 9.17) is 4.74 Å². The summed E-state index contributed by atoms with van der Waals surface area (Å²) in [5.41, 5.74) is 2.98. The minimum absolute atomic E-state index is 0.0915. The van der Waals surface area contributed by atoms with E-state index in [1.165, 1.54) is 6.92 Å². The van der Waals surface area contributed by atoms with Gasteiger partial charge < -0.3 is 9.72 Å². The third-order valence-electron chi connectivity index (χ3n) is 5.04. The van der Waals surface area contributed by atoms with Crippen LogP contribution >= 0.6 is 0 Å². The number of H-pyrrole nitrogens is 1. The van der Waals surface area contributed by atoms with Crippen LogP contribution in [-0.2, 0) is 9.53 Å². The highest BCUT2D eigenvalue weighted by molar-refractivity contribution is 6.04. The molecule has 0 spiro atoms. The largest absolute Gasteiger partial charge is 0.457 e. The van der Waals surface area contributed by atoms with Gasteiger partial charge in [-0.2, -0.15) is 0 Å². The normalized spacial score (nSPS) is 13.1. The minimum Gasteiger partial charge on any atom is -0.457 e. The molecule has 2 atom stereocenters. The highest BCUT2D eigenvalue weighted by atomic mass is 16.5. The standard InChI is InChI=1S/C22H27NO4/c1-6-13(2)19(17-10-8-7-9-11-17)22(26)27-12-18(25)21-14(3)20(16(5)24)15(4)23-21/h7-11,13,19,23H,6,12H2,1-5H3/t13-,19+/m1/s1. The van der Waals surface area contributed by atoms with E-state index in [1.54, 1.807) is 13.8 Å². The molecule has 2 rings (SSSR count). The number of rotatable bonds is 8. The molecule has 0 aliphatic heterocycles. The summed E-state index contributed by atoms with van der Waals surface area (Å²) in [6.07, 6.45) is 0.819. The number of hydrogen-bond donors (Lipinski definition) is 1. The summed E-state index contributed by atoms with van der Waals surface area (Å²) in [6, 6.07) is 9.47. The predicted octanol–water partition coefficient (Wildman–Crippen LogP) is 4.39. The van der Waals surface area contributed by atoms with Gasteiger partial charge in [-0.15, -0.1) is 0 Å². The number of carbonyl (C=O) groups excluding carboxylic acids is 3. The number of Topliss-reactive ketones (excluding diaryl/α,β-unsaturated/α-hetero) is 2. The molecule has 0 aliphatic carbocycles. The molecule has 0 fully saturated rings. The molecule has 0 bridgehead atoms. The first-order valence-corrected chi connectivity index (χ1v) is 9.22. The van der Waals surface area contributed by atoms with E-state index in [2.05, 4.69) is 4.98 Å². The molecule has 1 aromatic heterocycles. The lowest BCUT2D eigenvalue weighted by molar-refractivity contribution is -0.145. The van der Waals surface area contributed by atoms with Crippen molar-refractivity contribution in [3.05, 3.63) is 58.4 Å². The van der Waals surface area contributed by atoms with Crippen LogP contribution < -0.4 is 0 Å². The van der Waals surface area contributed by atoms with Crippen LogP contribution in [-0.4, -0.2) is 29.1 Å². The fourth-order valence-electron chi connectivity index (χ4n) is 3.45. The minimum atomic E-state index is -0.414. The average Bonchev–Trinajstić information content (AvgIpc) is 2.95. The van der Waals surface area contributed by atoms with Gasteiger partial charge in [0.05, 0.1) is 11.6 Å². The SMILES string of the molecule is CC[C@@H](C)[C@H](C(=O)OCC(=O)c1[nH]c(C)c(C(C)=O)c1C)c1ccccc1. The van der Waals surface area contributed by atoms with E-state index in [0.29, 0.717) is 22.5 Å². The van der Waals surface area contributed by atoms with Gasteiger partial charge in [-0.25, -0.2) is 0 Å². The van der Waals surface area contributed by atoms with Gasteiger partial charge in [-0.3, -0.25) is 14.4 Å². The molecule has 5 heteroatoms. The van der Waals surface area contributed by atoms with Crippen LogP contribution in [0.5, 0.6) is 0 Å². The number of ketones is 2. The van der Waals surface area contributed by atoms with Gasteiger partial charge in [0, 0.05) is 11.3 Å². The number of benzene rings is 1. The van der Waals surface area contributed by atoms with E-state index in [1.807, 2.05) is 44.2 Å². The molecule has 0 aliphatic rings. The van der Waals surface area contributed by atoms with Crippen molar-refractivity contribution in [3.63, 3.8) is 0 Å². The van der Waals surface area contributed by atoms with Gasteiger partial charge in [0.2, 0.25) is 5.78 Å². The zero-order valence-electron chi connectivity index (χ0n) is 16.6. The van der Waals surface area contributed by atoms with Crippen molar-refractivity contribution in [2.45, 2.75) is 47.0 Å². The third-order valence-corrected chi connectivity index (χ3v) is 5.04. The molecule has 0 amide bonds. The monoisotopic (exact) mass is 369 g/mol. The smallest absolute Gasteiger partial charge is 0.314 e. The number of esters is 1. The first-order chi connectivity index (χ1) is 12.8. The fourth-order valence-corrected chi connectivity index (χ4v) is 3.45. The molecule has 144 valence electrons. The fraction of sp³-hybridized carbons (Fsp3) is 0.409. The first kappa shape index (κ1) is 20.6. The molecule has 0 unspecified atom stereocenters. The summed E-state index contributed by atoms with van der Waals surface area (Å²) in [5, 5.41) is 0. The van der Waals surface area contributed by atoms with Gasteiger partial charge in [0.1, 0.15) is 0 Å². The number of ether oxygens (including phenoxy) is 1.